The van der Waals surface area contributed by atoms with Crippen LogP contribution in [0.2, 0.25) is 0 Å². The van der Waals surface area contributed by atoms with E-state index in [0.717, 1.165) is 37.4 Å². The van der Waals surface area contributed by atoms with Gasteiger partial charge in [-0.25, -0.2) is 0 Å². The summed E-state index contributed by atoms with van der Waals surface area (Å²) < 4.78 is 10.6. The van der Waals surface area contributed by atoms with Crippen LogP contribution in [0, 0.1) is 0 Å². The van der Waals surface area contributed by atoms with Crippen molar-refractivity contribution in [3.05, 3.63) is 23.8 Å². The molecule has 18 heavy (non-hydrogen) atoms. The van der Waals surface area contributed by atoms with Crippen molar-refractivity contribution in [2.24, 2.45) is 5.73 Å². The van der Waals surface area contributed by atoms with Gasteiger partial charge in [0.1, 0.15) is 0 Å². The van der Waals surface area contributed by atoms with Gasteiger partial charge in [-0.3, -0.25) is 0 Å². The highest BCUT2D eigenvalue weighted by Crippen LogP contribution is 2.30. The lowest BCUT2D eigenvalue weighted by molar-refractivity contribution is 0.352. The van der Waals surface area contributed by atoms with Gasteiger partial charge >= 0.3 is 0 Å². The largest absolute Gasteiger partial charge is 0.493 e. The lowest BCUT2D eigenvalue weighted by Crippen LogP contribution is -2.44. The summed E-state index contributed by atoms with van der Waals surface area (Å²) in [4.78, 5) is 2.28. The van der Waals surface area contributed by atoms with Gasteiger partial charge in [0.25, 0.3) is 0 Å². The first-order chi connectivity index (χ1) is 8.56. The molecule has 1 fully saturated rings. The summed E-state index contributed by atoms with van der Waals surface area (Å²) in [5, 5.41) is 0. The second-order valence-corrected chi connectivity index (χ2v) is 5.22. The van der Waals surface area contributed by atoms with E-state index in [0.29, 0.717) is 0 Å². The number of ether oxygens (including phenoxy) is 2. The SMILES string of the molecule is COc1ccc(CC2(N)CCN(C)C2)cc1OC. The molecule has 1 aliphatic heterocycles. The van der Waals surface area contributed by atoms with Gasteiger partial charge in [0, 0.05) is 12.1 Å². The van der Waals surface area contributed by atoms with Crippen molar-refractivity contribution in [2.45, 2.75) is 18.4 Å². The van der Waals surface area contributed by atoms with Crippen LogP contribution in [0.3, 0.4) is 0 Å². The zero-order chi connectivity index (χ0) is 13.2. The number of methoxy groups -OCH3 is 2. The summed E-state index contributed by atoms with van der Waals surface area (Å²) in [7, 11) is 5.42. The summed E-state index contributed by atoms with van der Waals surface area (Å²) in [6, 6.07) is 6.02. The zero-order valence-electron chi connectivity index (χ0n) is 11.4. The minimum absolute atomic E-state index is 0.117. The zero-order valence-corrected chi connectivity index (χ0v) is 11.4. The molecule has 4 heteroatoms. The molecule has 0 bridgehead atoms. The van der Waals surface area contributed by atoms with Gasteiger partial charge < -0.3 is 20.1 Å². The Kier molecular flexibility index (Phi) is 3.78. The van der Waals surface area contributed by atoms with E-state index < -0.39 is 0 Å². The van der Waals surface area contributed by atoms with Crippen molar-refractivity contribution in [2.75, 3.05) is 34.4 Å². The standard InChI is InChI=1S/C14H22N2O2/c1-16-7-6-14(15,10-16)9-11-4-5-12(17-2)13(8-11)18-3/h4-5,8H,6-7,9-10,15H2,1-3H3. The maximum atomic E-state index is 6.43. The molecule has 0 amide bonds. The van der Waals surface area contributed by atoms with Crippen LogP contribution in [0.15, 0.2) is 18.2 Å². The van der Waals surface area contributed by atoms with E-state index in [9.17, 15) is 0 Å². The third-order valence-corrected chi connectivity index (χ3v) is 3.58. The normalized spacial score (nSPS) is 24.2. The Labute approximate surface area is 109 Å². The van der Waals surface area contributed by atoms with E-state index >= 15 is 0 Å². The van der Waals surface area contributed by atoms with Gasteiger partial charge in [-0.05, 0) is 44.1 Å². The Morgan fingerprint density at radius 3 is 2.56 bits per heavy atom. The first-order valence-electron chi connectivity index (χ1n) is 6.25. The van der Waals surface area contributed by atoms with E-state index in [1.165, 1.54) is 5.56 Å². The maximum absolute atomic E-state index is 6.43. The molecule has 1 saturated heterocycles. The molecule has 2 rings (SSSR count). The van der Waals surface area contributed by atoms with Gasteiger partial charge in [-0.15, -0.1) is 0 Å². The Morgan fingerprint density at radius 2 is 2.00 bits per heavy atom. The second-order valence-electron chi connectivity index (χ2n) is 5.22. The third kappa shape index (κ3) is 2.76. The first kappa shape index (κ1) is 13.2. The van der Waals surface area contributed by atoms with E-state index in [1.807, 2.05) is 12.1 Å². The van der Waals surface area contributed by atoms with Crippen LogP contribution in [0.25, 0.3) is 0 Å². The number of benzene rings is 1. The number of rotatable bonds is 4. The highest BCUT2D eigenvalue weighted by Gasteiger charge is 2.32. The number of hydrogen-bond acceptors (Lipinski definition) is 4. The molecular weight excluding hydrogens is 228 g/mol. The molecule has 1 atom stereocenters. The van der Waals surface area contributed by atoms with Crippen LogP contribution in [0.1, 0.15) is 12.0 Å². The molecule has 1 heterocycles. The second kappa shape index (κ2) is 5.16. The van der Waals surface area contributed by atoms with Crippen LogP contribution < -0.4 is 15.2 Å². The molecule has 1 aliphatic rings. The minimum Gasteiger partial charge on any atom is -0.493 e. The minimum atomic E-state index is -0.117. The molecule has 0 aromatic heterocycles. The Hall–Kier alpha value is -1.26. The quantitative estimate of drug-likeness (QED) is 0.874. The molecule has 0 saturated carbocycles. The van der Waals surface area contributed by atoms with Crippen LogP contribution in [0.5, 0.6) is 11.5 Å². The molecule has 0 aliphatic carbocycles. The Bertz CT molecular complexity index is 422. The molecule has 1 unspecified atom stereocenters. The Morgan fingerprint density at radius 1 is 1.28 bits per heavy atom. The summed E-state index contributed by atoms with van der Waals surface area (Å²) in [5.74, 6) is 1.53. The van der Waals surface area contributed by atoms with Gasteiger partial charge in [0.2, 0.25) is 0 Å². The fourth-order valence-corrected chi connectivity index (χ4v) is 2.65. The maximum Gasteiger partial charge on any atom is 0.160 e. The van der Waals surface area contributed by atoms with Crippen molar-refractivity contribution >= 4 is 0 Å². The highest BCUT2D eigenvalue weighted by atomic mass is 16.5. The molecule has 100 valence electrons. The molecule has 4 nitrogen and oxygen atoms in total. The van der Waals surface area contributed by atoms with Crippen LogP contribution >= 0.6 is 0 Å². The molecule has 1 aromatic rings. The van der Waals surface area contributed by atoms with E-state index in [-0.39, 0.29) is 5.54 Å². The summed E-state index contributed by atoms with van der Waals surface area (Å²) in [5.41, 5.74) is 7.51. The first-order valence-corrected chi connectivity index (χ1v) is 6.25. The predicted octanol–water partition coefficient (Wildman–Crippen LogP) is 1.28. The van der Waals surface area contributed by atoms with Gasteiger partial charge in [-0.2, -0.15) is 0 Å². The highest BCUT2D eigenvalue weighted by molar-refractivity contribution is 5.43. The van der Waals surface area contributed by atoms with E-state index in [2.05, 4.69) is 18.0 Å². The fraction of sp³-hybridized carbons (Fsp3) is 0.571. The number of nitrogens with two attached hydrogens (primary N) is 1. The predicted molar refractivity (Wildman–Crippen MR) is 72.3 cm³/mol. The summed E-state index contributed by atoms with van der Waals surface area (Å²) in [6.07, 6.45) is 1.91. The van der Waals surface area contributed by atoms with Crippen molar-refractivity contribution in [3.63, 3.8) is 0 Å². The number of likely N-dealkylation sites (N-methyl/N-ethyl adjacent to an activating group) is 1. The summed E-state index contributed by atoms with van der Waals surface area (Å²) in [6.45, 7) is 2.02. The van der Waals surface area contributed by atoms with Crippen LogP contribution in [-0.4, -0.2) is 44.8 Å². The third-order valence-electron chi connectivity index (χ3n) is 3.58. The van der Waals surface area contributed by atoms with Crippen molar-refractivity contribution in [1.82, 2.24) is 4.90 Å². The topological polar surface area (TPSA) is 47.7 Å². The van der Waals surface area contributed by atoms with Crippen molar-refractivity contribution in [3.8, 4) is 11.5 Å². The molecule has 0 radical (unpaired) electrons. The number of hydrogen-bond donors (Lipinski definition) is 1. The van der Waals surface area contributed by atoms with Crippen LogP contribution in [-0.2, 0) is 6.42 Å². The molecular formula is C14H22N2O2. The average molecular weight is 250 g/mol. The molecule has 1 aromatic carbocycles. The van der Waals surface area contributed by atoms with E-state index in [4.69, 9.17) is 15.2 Å². The lowest BCUT2D eigenvalue weighted by Gasteiger charge is -2.24. The monoisotopic (exact) mass is 250 g/mol. The van der Waals surface area contributed by atoms with Crippen molar-refractivity contribution in [1.29, 1.82) is 0 Å². The smallest absolute Gasteiger partial charge is 0.160 e. The van der Waals surface area contributed by atoms with Crippen LogP contribution in [0.4, 0.5) is 0 Å². The fourth-order valence-electron chi connectivity index (χ4n) is 2.65. The lowest BCUT2D eigenvalue weighted by atomic mass is 9.91. The summed E-state index contributed by atoms with van der Waals surface area (Å²) >= 11 is 0. The van der Waals surface area contributed by atoms with Crippen molar-refractivity contribution < 1.29 is 9.47 Å². The molecule has 2 N–H and O–H groups in total. The van der Waals surface area contributed by atoms with Gasteiger partial charge in [-0.1, -0.05) is 6.07 Å². The average Bonchev–Trinajstić information content (AvgIpc) is 2.68. The number of likely N-dealkylation sites (tertiary alicyclic amines) is 1. The van der Waals surface area contributed by atoms with E-state index in [1.54, 1.807) is 14.2 Å². The van der Waals surface area contributed by atoms with Gasteiger partial charge in [0.05, 0.1) is 14.2 Å². The number of nitrogens with zero attached hydrogens (tertiary/aromatic N) is 1. The van der Waals surface area contributed by atoms with Gasteiger partial charge in [0.15, 0.2) is 11.5 Å². The molecule has 0 spiro atoms. The Balaban J connectivity index is 2.14.